The first-order valence-corrected chi connectivity index (χ1v) is 12.5. The van der Waals surface area contributed by atoms with Crippen molar-refractivity contribution in [2.45, 2.75) is 65.1 Å². The number of carboxylic acids is 1. The second-order valence-electron chi connectivity index (χ2n) is 10.6. The number of amides is 2. The number of carbonyl (C=O) groups is 3. The molecule has 1 saturated heterocycles. The van der Waals surface area contributed by atoms with Gasteiger partial charge in [-0.3, -0.25) is 9.59 Å². The lowest BCUT2D eigenvalue weighted by Crippen LogP contribution is -2.60. The molecule has 1 saturated carbocycles. The zero-order valence-electron chi connectivity index (χ0n) is 20.6. The Kier molecular flexibility index (Phi) is 5.82. The van der Waals surface area contributed by atoms with Gasteiger partial charge in [-0.1, -0.05) is 18.2 Å². The zero-order valence-corrected chi connectivity index (χ0v) is 20.6. The number of carboxylic acid groups (broad SMARTS) is 1. The molecule has 2 heterocycles. The molecule has 0 bridgehead atoms. The molecule has 184 valence electrons. The molecule has 2 N–H and O–H groups in total. The Hall–Kier alpha value is -3.35. The fourth-order valence-corrected chi connectivity index (χ4v) is 6.23. The van der Waals surface area contributed by atoms with Crippen LogP contribution in [-0.4, -0.2) is 51.8 Å². The average Bonchev–Trinajstić information content (AvgIpc) is 3.13. The van der Waals surface area contributed by atoms with E-state index in [1.54, 1.807) is 25.1 Å². The highest BCUT2D eigenvalue weighted by Crippen LogP contribution is 2.46. The topological polar surface area (TPSA) is 90.0 Å². The fourth-order valence-electron chi connectivity index (χ4n) is 6.23. The molecule has 2 amide bonds. The van der Waals surface area contributed by atoms with Crippen molar-refractivity contribution < 1.29 is 19.5 Å². The number of fused-ring (bicyclic) bond motifs is 1. The van der Waals surface area contributed by atoms with Crippen molar-refractivity contribution in [2.24, 2.45) is 5.41 Å². The van der Waals surface area contributed by atoms with E-state index in [4.69, 9.17) is 0 Å². The van der Waals surface area contributed by atoms with E-state index >= 15 is 0 Å². The monoisotopic (exact) mass is 475 g/mol. The first-order chi connectivity index (χ1) is 16.7. The summed E-state index contributed by atoms with van der Waals surface area (Å²) in [7, 11) is 0. The number of rotatable bonds is 5. The van der Waals surface area contributed by atoms with Gasteiger partial charge in [0.1, 0.15) is 0 Å². The Morgan fingerprint density at radius 1 is 1.14 bits per heavy atom. The average molecular weight is 476 g/mol. The van der Waals surface area contributed by atoms with Crippen molar-refractivity contribution in [1.29, 1.82) is 0 Å². The fraction of sp³-hybridized carbons (Fsp3) is 0.464. The van der Waals surface area contributed by atoms with E-state index in [0.29, 0.717) is 12.2 Å². The van der Waals surface area contributed by atoms with Crippen LogP contribution in [0, 0.1) is 12.3 Å². The lowest BCUT2D eigenvalue weighted by molar-refractivity contribution is -0.143. The minimum atomic E-state index is -0.968. The lowest BCUT2D eigenvalue weighted by Gasteiger charge is -2.54. The Balaban J connectivity index is 1.33. The molecule has 1 aliphatic carbocycles. The van der Waals surface area contributed by atoms with Crippen molar-refractivity contribution in [3.8, 4) is 0 Å². The maximum atomic E-state index is 13.5. The van der Waals surface area contributed by atoms with E-state index in [1.165, 1.54) is 0 Å². The van der Waals surface area contributed by atoms with Crippen molar-refractivity contribution >= 4 is 23.5 Å². The number of hydrogen-bond donors (Lipinski definition) is 2. The molecular weight excluding hydrogens is 442 g/mol. The van der Waals surface area contributed by atoms with Crippen LogP contribution in [0.25, 0.3) is 0 Å². The van der Waals surface area contributed by atoms with Crippen molar-refractivity contribution in [3.05, 3.63) is 64.2 Å². The van der Waals surface area contributed by atoms with Gasteiger partial charge >= 0.3 is 5.97 Å². The molecule has 1 spiro atoms. The number of benzene rings is 2. The zero-order chi connectivity index (χ0) is 24.9. The van der Waals surface area contributed by atoms with Gasteiger partial charge in [-0.25, -0.2) is 4.79 Å². The van der Waals surface area contributed by atoms with Crippen molar-refractivity contribution in [2.75, 3.05) is 18.4 Å². The molecule has 1 unspecified atom stereocenters. The lowest BCUT2D eigenvalue weighted by atomic mass is 9.67. The highest BCUT2D eigenvalue weighted by Gasteiger charge is 2.48. The van der Waals surface area contributed by atoms with Crippen LogP contribution in [0.3, 0.4) is 0 Å². The second kappa shape index (κ2) is 8.70. The standard InChI is InChI=1S/C28H33N3O4/c1-17-12-22(18(2)29-25-7-5-4-6-21(25)27(34)35)24-14-31(26(33)23(24)13-17)20-8-10-28(11-9-20)15-30(16-28)19(3)32/h4-7,12-13,18,20,29H,8-11,14-16H2,1-3H3,(H,34,35). The Labute approximate surface area is 206 Å². The highest BCUT2D eigenvalue weighted by atomic mass is 16.4. The van der Waals surface area contributed by atoms with Crippen LogP contribution < -0.4 is 5.32 Å². The Morgan fingerprint density at radius 3 is 2.49 bits per heavy atom. The molecule has 5 rings (SSSR count). The SMILES string of the molecule is CC(=O)N1CC2(CCC(N3Cc4c(cc(C)cc4C(C)Nc4ccccc4C(=O)O)C3=O)CC2)C1. The molecule has 7 nitrogen and oxygen atoms in total. The predicted octanol–water partition coefficient (Wildman–Crippen LogP) is 4.61. The number of aryl methyl sites for hydroxylation is 1. The van der Waals surface area contributed by atoms with Gasteiger partial charge in [-0.15, -0.1) is 0 Å². The molecule has 1 atom stereocenters. The van der Waals surface area contributed by atoms with E-state index in [2.05, 4.69) is 11.4 Å². The third-order valence-corrected chi connectivity index (χ3v) is 8.20. The van der Waals surface area contributed by atoms with Crippen LogP contribution in [0.4, 0.5) is 5.69 Å². The second-order valence-corrected chi connectivity index (χ2v) is 10.6. The van der Waals surface area contributed by atoms with Crippen molar-refractivity contribution in [1.82, 2.24) is 9.80 Å². The third-order valence-electron chi connectivity index (χ3n) is 8.20. The maximum Gasteiger partial charge on any atom is 0.337 e. The maximum absolute atomic E-state index is 13.5. The van der Waals surface area contributed by atoms with E-state index in [0.717, 1.165) is 61.0 Å². The minimum absolute atomic E-state index is 0.100. The number of aromatic carboxylic acids is 1. The Morgan fingerprint density at radius 2 is 1.83 bits per heavy atom. The molecule has 0 radical (unpaired) electrons. The van der Waals surface area contributed by atoms with Gasteiger partial charge < -0.3 is 20.2 Å². The predicted molar refractivity (Wildman–Crippen MR) is 133 cm³/mol. The number of hydrogen-bond acceptors (Lipinski definition) is 4. The first kappa shape index (κ1) is 23.4. The van der Waals surface area contributed by atoms with Crippen LogP contribution in [-0.2, 0) is 11.3 Å². The summed E-state index contributed by atoms with van der Waals surface area (Å²) in [4.78, 5) is 40.7. The van der Waals surface area contributed by atoms with E-state index in [9.17, 15) is 19.5 Å². The molecule has 2 aliphatic heterocycles. The van der Waals surface area contributed by atoms with Gasteiger partial charge in [0.15, 0.2) is 0 Å². The number of anilines is 1. The molecule has 35 heavy (non-hydrogen) atoms. The summed E-state index contributed by atoms with van der Waals surface area (Å²) < 4.78 is 0. The molecule has 2 fully saturated rings. The normalized spacial score (nSPS) is 19.9. The smallest absolute Gasteiger partial charge is 0.337 e. The summed E-state index contributed by atoms with van der Waals surface area (Å²) in [5.41, 5.74) is 4.93. The summed E-state index contributed by atoms with van der Waals surface area (Å²) in [6.07, 6.45) is 4.05. The summed E-state index contributed by atoms with van der Waals surface area (Å²) in [6, 6.07) is 11.1. The number of carbonyl (C=O) groups excluding carboxylic acids is 2. The van der Waals surface area contributed by atoms with Crippen LogP contribution in [0.15, 0.2) is 36.4 Å². The van der Waals surface area contributed by atoms with E-state index in [-0.39, 0.29) is 34.9 Å². The first-order valence-electron chi connectivity index (χ1n) is 12.5. The van der Waals surface area contributed by atoms with Crippen LogP contribution >= 0.6 is 0 Å². The van der Waals surface area contributed by atoms with Gasteiger partial charge in [0, 0.05) is 55.3 Å². The van der Waals surface area contributed by atoms with Gasteiger partial charge in [-0.2, -0.15) is 0 Å². The largest absolute Gasteiger partial charge is 0.478 e. The summed E-state index contributed by atoms with van der Waals surface area (Å²) in [5.74, 6) is -0.716. The van der Waals surface area contributed by atoms with Crippen molar-refractivity contribution in [3.63, 3.8) is 0 Å². The van der Waals surface area contributed by atoms with Gasteiger partial charge in [0.05, 0.1) is 5.56 Å². The molecule has 0 aromatic heterocycles. The molecule has 3 aliphatic rings. The number of para-hydroxylation sites is 1. The van der Waals surface area contributed by atoms with E-state index < -0.39 is 5.97 Å². The summed E-state index contributed by atoms with van der Waals surface area (Å²) >= 11 is 0. The summed E-state index contributed by atoms with van der Waals surface area (Å²) in [6.45, 7) is 7.95. The summed E-state index contributed by atoms with van der Waals surface area (Å²) in [5, 5.41) is 12.9. The Bertz CT molecular complexity index is 1190. The molecule has 7 heteroatoms. The molecular formula is C28H33N3O4. The van der Waals surface area contributed by atoms with Crippen LogP contribution in [0.2, 0.25) is 0 Å². The van der Waals surface area contributed by atoms with Gasteiger partial charge in [0.25, 0.3) is 5.91 Å². The van der Waals surface area contributed by atoms with Gasteiger partial charge in [0.2, 0.25) is 5.91 Å². The van der Waals surface area contributed by atoms with Crippen LogP contribution in [0.5, 0.6) is 0 Å². The highest BCUT2D eigenvalue weighted by molar-refractivity contribution is 5.99. The third kappa shape index (κ3) is 4.17. The number of likely N-dealkylation sites (tertiary alicyclic amines) is 1. The van der Waals surface area contributed by atoms with E-state index in [1.807, 2.05) is 35.8 Å². The molecule has 2 aromatic carbocycles. The number of nitrogens with one attached hydrogen (secondary N) is 1. The van der Waals surface area contributed by atoms with Gasteiger partial charge in [-0.05, 0) is 74.4 Å². The van der Waals surface area contributed by atoms with Crippen LogP contribution in [0.1, 0.15) is 83.0 Å². The molecule has 2 aromatic rings. The quantitative estimate of drug-likeness (QED) is 0.659. The minimum Gasteiger partial charge on any atom is -0.478 e. The number of nitrogens with zero attached hydrogens (tertiary/aromatic N) is 2.